The fourth-order valence-electron chi connectivity index (χ4n) is 1.84. The minimum atomic E-state index is 0.791. The monoisotopic (exact) mass is 198 g/mol. The Balaban J connectivity index is 2.50. The second-order valence-electron chi connectivity index (χ2n) is 3.72. The largest absolute Gasteiger partial charge is 0.338 e. The Morgan fingerprint density at radius 2 is 2.13 bits per heavy atom. The molecule has 0 aliphatic rings. The number of benzene rings is 1. The topological polar surface area (TPSA) is 28.7 Å². The number of hydrogen-bond acceptors (Lipinski definition) is 1. The molecule has 2 aromatic rings. The molecule has 0 unspecified atom stereocenters. The molecule has 0 bridgehead atoms. The van der Waals surface area contributed by atoms with E-state index in [9.17, 15) is 0 Å². The predicted octanol–water partition coefficient (Wildman–Crippen LogP) is 3.31. The standard InChI is InChI=1S/C13H14N2/c1-2-3-8-15-10-11-6-4-5-7-12(11)13(15)9-14/h4-7,10H,2-3,8H2,1H3. The summed E-state index contributed by atoms with van der Waals surface area (Å²) in [5.41, 5.74) is 0.791. The van der Waals surface area contributed by atoms with Crippen LogP contribution >= 0.6 is 0 Å². The highest BCUT2D eigenvalue weighted by atomic mass is 15.0. The van der Waals surface area contributed by atoms with Gasteiger partial charge in [-0.25, -0.2) is 0 Å². The Morgan fingerprint density at radius 1 is 1.33 bits per heavy atom. The molecule has 1 aromatic heterocycles. The fourth-order valence-corrected chi connectivity index (χ4v) is 1.84. The van der Waals surface area contributed by atoms with Crippen molar-refractivity contribution in [2.75, 3.05) is 0 Å². The lowest BCUT2D eigenvalue weighted by Crippen LogP contribution is -1.98. The molecule has 0 fully saturated rings. The van der Waals surface area contributed by atoms with Crippen molar-refractivity contribution in [3.63, 3.8) is 0 Å². The van der Waals surface area contributed by atoms with E-state index in [0.29, 0.717) is 0 Å². The van der Waals surface area contributed by atoms with Crippen LogP contribution in [0.5, 0.6) is 0 Å². The highest BCUT2D eigenvalue weighted by Gasteiger charge is 2.06. The molecule has 0 radical (unpaired) electrons. The molecule has 15 heavy (non-hydrogen) atoms. The van der Waals surface area contributed by atoms with Crippen molar-refractivity contribution in [3.05, 3.63) is 36.2 Å². The smallest absolute Gasteiger partial charge is 0.128 e. The zero-order valence-electron chi connectivity index (χ0n) is 8.90. The molecular formula is C13H14N2. The highest BCUT2D eigenvalue weighted by Crippen LogP contribution is 2.20. The van der Waals surface area contributed by atoms with Crippen molar-refractivity contribution in [1.82, 2.24) is 4.57 Å². The summed E-state index contributed by atoms with van der Waals surface area (Å²) in [6.07, 6.45) is 4.35. The van der Waals surface area contributed by atoms with Gasteiger partial charge in [-0.05, 0) is 6.42 Å². The van der Waals surface area contributed by atoms with Crippen LogP contribution in [0.15, 0.2) is 30.5 Å². The molecule has 76 valence electrons. The summed E-state index contributed by atoms with van der Waals surface area (Å²) in [6.45, 7) is 3.10. The molecule has 0 spiro atoms. The first-order chi connectivity index (χ1) is 7.36. The Hall–Kier alpha value is -1.75. The molecular weight excluding hydrogens is 184 g/mol. The summed E-state index contributed by atoms with van der Waals surface area (Å²) in [7, 11) is 0. The molecule has 0 aliphatic heterocycles. The maximum atomic E-state index is 9.13. The lowest BCUT2D eigenvalue weighted by atomic mass is 10.2. The summed E-state index contributed by atoms with van der Waals surface area (Å²) in [5.74, 6) is 0. The number of aryl methyl sites for hydroxylation is 1. The van der Waals surface area contributed by atoms with E-state index in [0.717, 1.165) is 35.9 Å². The Morgan fingerprint density at radius 3 is 2.87 bits per heavy atom. The fraction of sp³-hybridized carbons (Fsp3) is 0.308. The molecule has 0 saturated carbocycles. The van der Waals surface area contributed by atoms with Gasteiger partial charge in [-0.15, -0.1) is 0 Å². The molecule has 2 heteroatoms. The van der Waals surface area contributed by atoms with Gasteiger partial charge in [-0.3, -0.25) is 0 Å². The van der Waals surface area contributed by atoms with Crippen LogP contribution in [0, 0.1) is 11.3 Å². The highest BCUT2D eigenvalue weighted by molar-refractivity contribution is 5.87. The minimum Gasteiger partial charge on any atom is -0.338 e. The minimum absolute atomic E-state index is 0.791. The first-order valence-electron chi connectivity index (χ1n) is 5.34. The molecule has 0 N–H and O–H groups in total. The lowest BCUT2D eigenvalue weighted by Gasteiger charge is -2.01. The SMILES string of the molecule is CCCCn1cc2ccccc2c1C#N. The van der Waals surface area contributed by atoms with Crippen LogP contribution in [-0.4, -0.2) is 4.57 Å². The number of hydrogen-bond donors (Lipinski definition) is 0. The van der Waals surface area contributed by atoms with Crippen LogP contribution in [0.3, 0.4) is 0 Å². The number of rotatable bonds is 3. The third-order valence-corrected chi connectivity index (χ3v) is 2.66. The van der Waals surface area contributed by atoms with E-state index in [2.05, 4.69) is 29.8 Å². The maximum absolute atomic E-state index is 9.13. The van der Waals surface area contributed by atoms with Crippen LogP contribution in [0.25, 0.3) is 10.8 Å². The van der Waals surface area contributed by atoms with Gasteiger partial charge in [0.2, 0.25) is 0 Å². The van der Waals surface area contributed by atoms with E-state index in [4.69, 9.17) is 5.26 Å². The van der Waals surface area contributed by atoms with Crippen LogP contribution < -0.4 is 0 Å². The van der Waals surface area contributed by atoms with Gasteiger partial charge in [0.05, 0.1) is 0 Å². The third kappa shape index (κ3) is 1.73. The van der Waals surface area contributed by atoms with Gasteiger partial charge in [0.1, 0.15) is 11.8 Å². The van der Waals surface area contributed by atoms with E-state index >= 15 is 0 Å². The van der Waals surface area contributed by atoms with Crippen LogP contribution in [0.2, 0.25) is 0 Å². The van der Waals surface area contributed by atoms with Crippen LogP contribution in [-0.2, 0) is 6.54 Å². The molecule has 1 aromatic carbocycles. The van der Waals surface area contributed by atoms with Gasteiger partial charge in [0, 0.05) is 23.5 Å². The van der Waals surface area contributed by atoms with E-state index in [-0.39, 0.29) is 0 Å². The first-order valence-corrected chi connectivity index (χ1v) is 5.34. The average molecular weight is 198 g/mol. The van der Waals surface area contributed by atoms with E-state index in [1.54, 1.807) is 0 Å². The van der Waals surface area contributed by atoms with Gasteiger partial charge < -0.3 is 4.57 Å². The number of aromatic nitrogens is 1. The Labute approximate surface area is 89.7 Å². The molecule has 1 heterocycles. The van der Waals surface area contributed by atoms with Crippen molar-refractivity contribution < 1.29 is 0 Å². The number of unbranched alkanes of at least 4 members (excludes halogenated alkanes) is 1. The van der Waals surface area contributed by atoms with Gasteiger partial charge in [-0.1, -0.05) is 37.6 Å². The van der Waals surface area contributed by atoms with Crippen LogP contribution in [0.4, 0.5) is 0 Å². The lowest BCUT2D eigenvalue weighted by molar-refractivity contribution is 0.631. The van der Waals surface area contributed by atoms with Gasteiger partial charge >= 0.3 is 0 Å². The zero-order chi connectivity index (χ0) is 10.7. The molecule has 0 aliphatic carbocycles. The van der Waals surface area contributed by atoms with E-state index < -0.39 is 0 Å². The van der Waals surface area contributed by atoms with Gasteiger partial charge in [0.25, 0.3) is 0 Å². The van der Waals surface area contributed by atoms with Crippen molar-refractivity contribution in [1.29, 1.82) is 5.26 Å². The second-order valence-corrected chi connectivity index (χ2v) is 3.72. The van der Waals surface area contributed by atoms with Crippen molar-refractivity contribution in [3.8, 4) is 6.07 Å². The normalized spacial score (nSPS) is 10.4. The molecule has 2 nitrogen and oxygen atoms in total. The Kier molecular flexibility index (Phi) is 2.73. The molecule has 0 amide bonds. The predicted molar refractivity (Wildman–Crippen MR) is 61.6 cm³/mol. The van der Waals surface area contributed by atoms with Gasteiger partial charge in [0.15, 0.2) is 0 Å². The molecule has 2 rings (SSSR count). The second kappa shape index (κ2) is 4.18. The number of nitriles is 1. The zero-order valence-corrected chi connectivity index (χ0v) is 8.90. The summed E-state index contributed by atoms with van der Waals surface area (Å²) in [6, 6.07) is 10.3. The summed E-state index contributed by atoms with van der Waals surface area (Å²) >= 11 is 0. The third-order valence-electron chi connectivity index (χ3n) is 2.66. The first kappa shape index (κ1) is 9.79. The molecule has 0 atom stereocenters. The van der Waals surface area contributed by atoms with Crippen LogP contribution in [0.1, 0.15) is 25.5 Å². The van der Waals surface area contributed by atoms with Crippen molar-refractivity contribution in [2.24, 2.45) is 0 Å². The van der Waals surface area contributed by atoms with E-state index in [1.165, 1.54) is 0 Å². The van der Waals surface area contributed by atoms with Crippen molar-refractivity contribution in [2.45, 2.75) is 26.3 Å². The number of fused-ring (bicyclic) bond motifs is 1. The average Bonchev–Trinajstić information content (AvgIpc) is 2.63. The summed E-state index contributed by atoms with van der Waals surface area (Å²) in [5, 5.41) is 11.4. The quantitative estimate of drug-likeness (QED) is 0.743. The van der Waals surface area contributed by atoms with Gasteiger partial charge in [-0.2, -0.15) is 5.26 Å². The Bertz CT molecular complexity index is 503. The van der Waals surface area contributed by atoms with Crippen molar-refractivity contribution >= 4 is 10.8 Å². The maximum Gasteiger partial charge on any atom is 0.128 e. The molecule has 0 saturated heterocycles. The summed E-state index contributed by atoms with van der Waals surface area (Å²) in [4.78, 5) is 0. The summed E-state index contributed by atoms with van der Waals surface area (Å²) < 4.78 is 2.06. The number of nitrogens with zero attached hydrogens (tertiary/aromatic N) is 2. The van der Waals surface area contributed by atoms with E-state index in [1.807, 2.05) is 18.2 Å².